The molecule has 5 nitrogen and oxygen atoms in total. The van der Waals surface area contributed by atoms with Gasteiger partial charge < -0.3 is 14.5 Å². The van der Waals surface area contributed by atoms with E-state index in [1.54, 1.807) is 0 Å². The molecule has 13 rings (SSSR count). The van der Waals surface area contributed by atoms with E-state index in [0.29, 0.717) is 6.67 Å². The summed E-state index contributed by atoms with van der Waals surface area (Å²) in [5.41, 5.74) is 22.4. The quantitative estimate of drug-likeness (QED) is 0.173. The van der Waals surface area contributed by atoms with Gasteiger partial charge in [0.2, 0.25) is 0 Å². The standard InChI is InChI=1S/C76H72N4O/c1-73(2,3)53-27-21-25-51(37-53)63-41-55(75(7,8)9)42-65-61-29-17-16-28-60(61)50-24-20-26-52(36-50)66-43-56(76(10,11)12)44-71(77-66)80-67-35-32-49(48-22-14-13-15-23-48)38-64(67)62-34-33-58(46-70(62)80)81-59-40-54(74(4,5)6)39-57(45-59)78-47-79(72(63)65)69-31-19-18-30-68(69)78/h13-46H,47H2,1-12H3. The van der Waals surface area contributed by atoms with Gasteiger partial charge in [-0.05, 0) is 156 Å². The average molecular weight is 1060 g/mol. The molecule has 0 N–H and O–H groups in total. The van der Waals surface area contributed by atoms with Crippen molar-refractivity contribution in [3.8, 4) is 73.1 Å². The molecule has 0 aliphatic carbocycles. The second-order valence-corrected chi connectivity index (χ2v) is 26.6. The van der Waals surface area contributed by atoms with Gasteiger partial charge in [0.15, 0.2) is 0 Å². The van der Waals surface area contributed by atoms with Gasteiger partial charge in [0.1, 0.15) is 24.0 Å². The number of rotatable bonds is 2. The summed E-state index contributed by atoms with van der Waals surface area (Å²) in [5, 5.41) is 2.29. The fourth-order valence-electron chi connectivity index (χ4n) is 12.1. The molecule has 81 heavy (non-hydrogen) atoms. The zero-order chi connectivity index (χ0) is 56.3. The van der Waals surface area contributed by atoms with Crippen LogP contribution >= 0.6 is 0 Å². The lowest BCUT2D eigenvalue weighted by atomic mass is 9.80. The number of benzene rings is 9. The molecule has 11 aromatic rings. The Morgan fingerprint density at radius 1 is 0.358 bits per heavy atom. The van der Waals surface area contributed by atoms with E-state index < -0.39 is 0 Å². The van der Waals surface area contributed by atoms with Crippen molar-refractivity contribution in [2.75, 3.05) is 16.5 Å². The molecule has 0 fully saturated rings. The summed E-state index contributed by atoms with van der Waals surface area (Å²) in [4.78, 5) is 10.8. The summed E-state index contributed by atoms with van der Waals surface area (Å²) in [5.74, 6) is 2.40. The number of anilines is 4. The van der Waals surface area contributed by atoms with E-state index in [0.717, 1.165) is 78.6 Å². The molecule has 4 heterocycles. The van der Waals surface area contributed by atoms with Crippen LogP contribution in [0.15, 0.2) is 206 Å². The minimum atomic E-state index is -0.186. The van der Waals surface area contributed by atoms with Gasteiger partial charge in [0, 0.05) is 45.3 Å². The third kappa shape index (κ3) is 9.37. The monoisotopic (exact) mass is 1060 g/mol. The molecule has 0 amide bonds. The Morgan fingerprint density at radius 3 is 1.69 bits per heavy atom. The van der Waals surface area contributed by atoms with Gasteiger partial charge in [0.25, 0.3) is 0 Å². The van der Waals surface area contributed by atoms with E-state index in [1.165, 1.54) is 61.3 Å². The van der Waals surface area contributed by atoms with Crippen LogP contribution in [-0.4, -0.2) is 16.2 Å². The molecule has 5 heteroatoms. The molecule has 0 radical (unpaired) electrons. The number of hydrogen-bond acceptors (Lipinski definition) is 4. The van der Waals surface area contributed by atoms with Crippen LogP contribution in [-0.2, 0) is 21.7 Å². The second-order valence-electron chi connectivity index (χ2n) is 26.6. The fourth-order valence-corrected chi connectivity index (χ4v) is 12.1. The van der Waals surface area contributed by atoms with Crippen LogP contribution in [0.5, 0.6) is 11.5 Å². The van der Waals surface area contributed by atoms with Crippen molar-refractivity contribution in [2.45, 2.75) is 105 Å². The third-order valence-corrected chi connectivity index (χ3v) is 16.8. The number of fused-ring (bicyclic) bond motifs is 23. The number of pyridine rings is 1. The van der Waals surface area contributed by atoms with Crippen molar-refractivity contribution in [3.63, 3.8) is 0 Å². The number of hydrogen-bond donors (Lipinski definition) is 0. The molecule has 0 saturated carbocycles. The Balaban J connectivity index is 1.14. The highest BCUT2D eigenvalue weighted by molar-refractivity contribution is 6.11. The Labute approximate surface area is 479 Å². The van der Waals surface area contributed by atoms with Crippen molar-refractivity contribution in [3.05, 3.63) is 229 Å². The van der Waals surface area contributed by atoms with Crippen molar-refractivity contribution in [1.29, 1.82) is 0 Å². The maximum atomic E-state index is 7.24. The van der Waals surface area contributed by atoms with Crippen LogP contribution < -0.4 is 14.5 Å². The van der Waals surface area contributed by atoms with E-state index in [9.17, 15) is 0 Å². The summed E-state index contributed by atoms with van der Waals surface area (Å²) in [6.07, 6.45) is 0. The normalized spacial score (nSPS) is 13.4. The van der Waals surface area contributed by atoms with Crippen LogP contribution in [0.25, 0.3) is 83.4 Å². The Kier molecular flexibility index (Phi) is 12.1. The predicted molar refractivity (Wildman–Crippen MR) is 343 cm³/mol. The number of nitrogens with zero attached hydrogens (tertiary/aromatic N) is 4. The van der Waals surface area contributed by atoms with Gasteiger partial charge in [-0.3, -0.25) is 4.57 Å². The molecule has 9 aromatic carbocycles. The Morgan fingerprint density at radius 2 is 0.963 bits per heavy atom. The first-order chi connectivity index (χ1) is 38.6. The molecule has 2 aromatic heterocycles. The minimum Gasteiger partial charge on any atom is -0.457 e. The fraction of sp³-hybridized carbons (Fsp3) is 0.224. The predicted octanol–water partition coefficient (Wildman–Crippen LogP) is 21.1. The summed E-state index contributed by atoms with van der Waals surface area (Å²) in [6.45, 7) is 28.3. The van der Waals surface area contributed by atoms with Crippen LogP contribution in [0.1, 0.15) is 105 Å². The van der Waals surface area contributed by atoms with Gasteiger partial charge in [-0.15, -0.1) is 0 Å². The number of ether oxygens (including phenoxy) is 1. The highest BCUT2D eigenvalue weighted by Gasteiger charge is 2.35. The highest BCUT2D eigenvalue weighted by atomic mass is 16.5. The molecule has 402 valence electrons. The first-order valence-corrected chi connectivity index (χ1v) is 28.8. The molecule has 0 saturated heterocycles. The maximum absolute atomic E-state index is 7.24. The molecule has 10 bridgehead atoms. The lowest BCUT2D eigenvalue weighted by molar-refractivity contribution is 0.479. The van der Waals surface area contributed by atoms with E-state index in [-0.39, 0.29) is 21.7 Å². The summed E-state index contributed by atoms with van der Waals surface area (Å²) < 4.78 is 9.60. The molecule has 2 aliphatic rings. The van der Waals surface area contributed by atoms with Gasteiger partial charge in [-0.25, -0.2) is 4.98 Å². The molecule has 0 spiro atoms. The molecule has 0 unspecified atom stereocenters. The van der Waals surface area contributed by atoms with E-state index in [4.69, 9.17) is 9.72 Å². The summed E-state index contributed by atoms with van der Waals surface area (Å²) >= 11 is 0. The van der Waals surface area contributed by atoms with E-state index in [2.05, 4.69) is 304 Å². The smallest absolute Gasteiger partial charge is 0.138 e. The number of aromatic nitrogens is 2. The Hall–Kier alpha value is -8.67. The van der Waals surface area contributed by atoms with Crippen molar-refractivity contribution >= 4 is 44.6 Å². The van der Waals surface area contributed by atoms with Gasteiger partial charge in [-0.1, -0.05) is 198 Å². The van der Waals surface area contributed by atoms with Crippen molar-refractivity contribution < 1.29 is 4.74 Å². The lowest BCUT2D eigenvalue weighted by Gasteiger charge is -2.31. The number of para-hydroxylation sites is 2. The second kappa shape index (κ2) is 19.0. The average Bonchev–Trinajstić information content (AvgIpc) is 4.06. The van der Waals surface area contributed by atoms with Gasteiger partial charge in [-0.2, -0.15) is 0 Å². The minimum absolute atomic E-state index is 0.0510. The molecule has 2 aliphatic heterocycles. The van der Waals surface area contributed by atoms with Crippen molar-refractivity contribution in [1.82, 2.24) is 9.55 Å². The van der Waals surface area contributed by atoms with Crippen LogP contribution in [0.2, 0.25) is 0 Å². The first-order valence-electron chi connectivity index (χ1n) is 28.8. The topological polar surface area (TPSA) is 33.5 Å². The zero-order valence-electron chi connectivity index (χ0n) is 49.0. The maximum Gasteiger partial charge on any atom is 0.138 e. The molecular formula is C76H72N4O. The molecular weight excluding hydrogens is 985 g/mol. The van der Waals surface area contributed by atoms with Crippen LogP contribution in [0.4, 0.5) is 22.7 Å². The summed E-state index contributed by atoms with van der Waals surface area (Å²) in [7, 11) is 0. The van der Waals surface area contributed by atoms with Gasteiger partial charge in [0.05, 0.1) is 33.8 Å². The highest BCUT2D eigenvalue weighted by Crippen LogP contribution is 2.54. The zero-order valence-corrected chi connectivity index (χ0v) is 49.0. The van der Waals surface area contributed by atoms with Crippen molar-refractivity contribution in [2.24, 2.45) is 0 Å². The van der Waals surface area contributed by atoms with Gasteiger partial charge >= 0.3 is 0 Å². The first kappa shape index (κ1) is 51.7. The Bertz CT molecular complexity index is 4280. The largest absolute Gasteiger partial charge is 0.457 e. The summed E-state index contributed by atoms with van der Waals surface area (Å²) in [6, 6.07) is 76.9. The van der Waals surface area contributed by atoms with Crippen LogP contribution in [0, 0.1) is 0 Å². The molecule has 0 atom stereocenters. The SMILES string of the molecule is CC(C)(C)c1cccc(-c2cc(C(C)(C)C)cc3c2N2CN(c4cc(cc(C(C)(C)C)c4)Oc4ccc5c6cc(-c7ccccc7)ccc6n(c5c4)-c4cc(C(C)(C)C)cc(n4)-c4cccc(c4)-c4ccccc4-3)c3ccccc32)c1. The van der Waals surface area contributed by atoms with E-state index >= 15 is 0 Å². The van der Waals surface area contributed by atoms with Crippen LogP contribution in [0.3, 0.4) is 0 Å². The van der Waals surface area contributed by atoms with E-state index in [1.807, 2.05) is 0 Å². The third-order valence-electron chi connectivity index (χ3n) is 16.8. The lowest BCUT2D eigenvalue weighted by Crippen LogP contribution is -2.26.